The lowest BCUT2D eigenvalue weighted by molar-refractivity contribution is -0.0551. The van der Waals surface area contributed by atoms with Crippen LogP contribution in [0.5, 0.6) is 0 Å². The van der Waals surface area contributed by atoms with Gasteiger partial charge in [-0.25, -0.2) is 4.79 Å². The first-order valence-corrected chi connectivity index (χ1v) is 8.96. The van der Waals surface area contributed by atoms with E-state index in [9.17, 15) is 14.7 Å². The number of aryl methyl sites for hydroxylation is 1. The molecule has 0 radical (unpaired) electrons. The number of hydrogen-bond acceptors (Lipinski definition) is 4. The van der Waals surface area contributed by atoms with Crippen LogP contribution in [0.1, 0.15) is 29.5 Å². The van der Waals surface area contributed by atoms with Crippen molar-refractivity contribution in [3.63, 3.8) is 0 Å². The Kier molecular flexibility index (Phi) is 7.16. The summed E-state index contributed by atoms with van der Waals surface area (Å²) in [4.78, 5) is 27.9. The van der Waals surface area contributed by atoms with Crippen LogP contribution >= 0.6 is 23.2 Å². The van der Waals surface area contributed by atoms with E-state index in [1.807, 2.05) is 6.92 Å². The fraction of sp³-hybridized carbons (Fsp3) is 0.625. The number of hydrogen-bond donors (Lipinski definition) is 3. The van der Waals surface area contributed by atoms with Crippen LogP contribution in [0.2, 0.25) is 10.0 Å². The van der Waals surface area contributed by atoms with Crippen molar-refractivity contribution in [1.82, 2.24) is 15.2 Å². The van der Waals surface area contributed by atoms with Crippen LogP contribution in [-0.2, 0) is 9.47 Å². The zero-order valence-corrected chi connectivity index (χ0v) is 16.4. The summed E-state index contributed by atoms with van der Waals surface area (Å²) in [6.45, 7) is 4.31. The van der Waals surface area contributed by atoms with E-state index in [2.05, 4.69) is 10.3 Å². The molecule has 2 rings (SSSR count). The third kappa shape index (κ3) is 4.82. The molecule has 1 aromatic heterocycles. The number of carboxylic acid groups (broad SMARTS) is 1. The van der Waals surface area contributed by atoms with Gasteiger partial charge in [0.2, 0.25) is 0 Å². The number of likely N-dealkylation sites (tertiary alicyclic amines) is 1. The summed E-state index contributed by atoms with van der Waals surface area (Å²) in [5, 5.41) is 12.6. The monoisotopic (exact) mass is 407 g/mol. The molecule has 0 bridgehead atoms. The van der Waals surface area contributed by atoms with Gasteiger partial charge in [-0.05, 0) is 20.3 Å². The van der Waals surface area contributed by atoms with Gasteiger partial charge in [0.15, 0.2) is 0 Å². The molecule has 26 heavy (non-hydrogen) atoms. The third-order valence-electron chi connectivity index (χ3n) is 4.37. The molecule has 3 unspecified atom stereocenters. The summed E-state index contributed by atoms with van der Waals surface area (Å²) >= 11 is 12.1. The zero-order valence-electron chi connectivity index (χ0n) is 14.8. The van der Waals surface area contributed by atoms with Crippen molar-refractivity contribution in [2.45, 2.75) is 38.5 Å². The van der Waals surface area contributed by atoms with Crippen molar-refractivity contribution in [2.75, 3.05) is 26.8 Å². The number of ether oxygens (including phenoxy) is 2. The molecule has 1 saturated heterocycles. The molecule has 3 N–H and O–H groups in total. The van der Waals surface area contributed by atoms with Crippen molar-refractivity contribution in [3.05, 3.63) is 21.4 Å². The first-order valence-electron chi connectivity index (χ1n) is 8.21. The van der Waals surface area contributed by atoms with Crippen molar-refractivity contribution in [3.8, 4) is 0 Å². The number of piperidine rings is 1. The molecule has 2 amide bonds. The summed E-state index contributed by atoms with van der Waals surface area (Å²) in [5.41, 5.74) is 0.781. The SMILES string of the molecule is COC(C)COC1CN(C(=O)O)CCC1NC(=O)c1[nH]c(C)c(Cl)c1Cl. The van der Waals surface area contributed by atoms with Gasteiger partial charge in [0.05, 0.1) is 41.4 Å². The van der Waals surface area contributed by atoms with E-state index >= 15 is 0 Å². The Balaban J connectivity index is 2.09. The zero-order chi connectivity index (χ0) is 19.4. The number of halogens is 2. The minimum atomic E-state index is -1.02. The molecule has 10 heteroatoms. The minimum Gasteiger partial charge on any atom is -0.465 e. The van der Waals surface area contributed by atoms with Gasteiger partial charge >= 0.3 is 6.09 Å². The highest BCUT2D eigenvalue weighted by Gasteiger charge is 2.34. The molecule has 0 aromatic carbocycles. The van der Waals surface area contributed by atoms with E-state index in [0.29, 0.717) is 23.7 Å². The van der Waals surface area contributed by atoms with Crippen LogP contribution in [0, 0.1) is 6.92 Å². The normalized spacial score (nSPS) is 21.5. The summed E-state index contributed by atoms with van der Waals surface area (Å²) in [7, 11) is 1.57. The van der Waals surface area contributed by atoms with Gasteiger partial charge in [0.25, 0.3) is 5.91 Å². The maximum absolute atomic E-state index is 12.6. The van der Waals surface area contributed by atoms with Crippen LogP contribution in [0.25, 0.3) is 0 Å². The first-order chi connectivity index (χ1) is 12.2. The maximum Gasteiger partial charge on any atom is 0.407 e. The lowest BCUT2D eigenvalue weighted by Gasteiger charge is -2.37. The molecular weight excluding hydrogens is 385 g/mol. The van der Waals surface area contributed by atoms with E-state index in [4.69, 9.17) is 32.7 Å². The fourth-order valence-electron chi connectivity index (χ4n) is 2.72. The molecule has 1 aromatic rings. The molecule has 0 spiro atoms. The first kappa shape index (κ1) is 20.8. The van der Waals surface area contributed by atoms with Crippen LogP contribution < -0.4 is 5.32 Å². The van der Waals surface area contributed by atoms with Crippen LogP contribution in [0.4, 0.5) is 4.79 Å². The highest BCUT2D eigenvalue weighted by atomic mass is 35.5. The Hall–Kier alpha value is -1.48. The number of carbonyl (C=O) groups excluding carboxylic acids is 1. The van der Waals surface area contributed by atoms with Crippen LogP contribution in [0.3, 0.4) is 0 Å². The smallest absolute Gasteiger partial charge is 0.407 e. The Morgan fingerprint density at radius 2 is 2.12 bits per heavy atom. The van der Waals surface area contributed by atoms with Crippen LogP contribution in [-0.4, -0.2) is 72.0 Å². The van der Waals surface area contributed by atoms with E-state index in [1.165, 1.54) is 4.90 Å². The average molecular weight is 408 g/mol. The third-order valence-corrected chi connectivity index (χ3v) is 5.32. The fourth-order valence-corrected chi connectivity index (χ4v) is 3.14. The Labute approximate surface area is 161 Å². The number of amides is 2. The van der Waals surface area contributed by atoms with Crippen molar-refractivity contribution in [1.29, 1.82) is 0 Å². The highest BCUT2D eigenvalue weighted by molar-refractivity contribution is 6.44. The maximum atomic E-state index is 12.6. The summed E-state index contributed by atoms with van der Waals surface area (Å²) in [5.74, 6) is -0.410. The predicted molar refractivity (Wildman–Crippen MR) is 97.2 cm³/mol. The minimum absolute atomic E-state index is 0.147. The number of H-pyrrole nitrogens is 1. The van der Waals surface area contributed by atoms with Gasteiger partial charge in [-0.2, -0.15) is 0 Å². The topological polar surface area (TPSA) is 104 Å². The number of rotatable bonds is 6. The second-order valence-corrected chi connectivity index (χ2v) is 7.02. The molecule has 0 aliphatic carbocycles. The van der Waals surface area contributed by atoms with Crippen molar-refractivity contribution >= 4 is 35.2 Å². The molecule has 1 aliphatic heterocycles. The second kappa shape index (κ2) is 8.94. The molecule has 0 saturated carbocycles. The summed E-state index contributed by atoms with van der Waals surface area (Å²) in [6.07, 6.45) is -1.23. The lowest BCUT2D eigenvalue weighted by atomic mass is 10.0. The summed E-state index contributed by atoms with van der Waals surface area (Å²) < 4.78 is 11.0. The molecule has 2 heterocycles. The van der Waals surface area contributed by atoms with Crippen LogP contribution in [0.15, 0.2) is 0 Å². The van der Waals surface area contributed by atoms with Gasteiger partial charge in [-0.1, -0.05) is 23.2 Å². The molecule has 1 fully saturated rings. The van der Waals surface area contributed by atoms with Crippen molar-refractivity contribution in [2.24, 2.45) is 0 Å². The number of aromatic nitrogens is 1. The molecule has 8 nitrogen and oxygen atoms in total. The summed E-state index contributed by atoms with van der Waals surface area (Å²) in [6, 6.07) is -0.361. The van der Waals surface area contributed by atoms with E-state index in [-0.39, 0.29) is 36.0 Å². The van der Waals surface area contributed by atoms with E-state index in [1.54, 1.807) is 14.0 Å². The molecule has 3 atom stereocenters. The standard InChI is InChI=1S/C16H23Cl2N3O5/c1-8(25-3)7-26-11-6-21(16(23)24)5-4-10(11)20-15(22)14-13(18)12(17)9(2)19-14/h8,10-11,19H,4-7H2,1-3H3,(H,20,22)(H,23,24). The second-order valence-electron chi connectivity index (χ2n) is 6.27. The number of methoxy groups -OCH3 is 1. The van der Waals surface area contributed by atoms with E-state index in [0.717, 1.165) is 0 Å². The molecule has 146 valence electrons. The van der Waals surface area contributed by atoms with Gasteiger partial charge in [0, 0.05) is 19.3 Å². The largest absolute Gasteiger partial charge is 0.465 e. The number of nitrogens with one attached hydrogen (secondary N) is 2. The Bertz CT molecular complexity index is 667. The predicted octanol–water partition coefficient (Wildman–Crippen LogP) is 2.53. The van der Waals surface area contributed by atoms with Crippen molar-refractivity contribution < 1.29 is 24.2 Å². The lowest BCUT2D eigenvalue weighted by Crippen LogP contribution is -2.56. The number of aromatic amines is 1. The average Bonchev–Trinajstić information content (AvgIpc) is 2.87. The quantitative estimate of drug-likeness (QED) is 0.671. The molecule has 1 aliphatic rings. The Morgan fingerprint density at radius 1 is 1.42 bits per heavy atom. The Morgan fingerprint density at radius 3 is 2.65 bits per heavy atom. The van der Waals surface area contributed by atoms with Gasteiger partial charge in [-0.15, -0.1) is 0 Å². The highest BCUT2D eigenvalue weighted by Crippen LogP contribution is 2.29. The van der Waals surface area contributed by atoms with Gasteiger partial charge in [0.1, 0.15) is 5.69 Å². The molecular formula is C16H23Cl2N3O5. The van der Waals surface area contributed by atoms with Gasteiger partial charge < -0.3 is 29.8 Å². The number of nitrogens with zero attached hydrogens (tertiary/aromatic N) is 1. The van der Waals surface area contributed by atoms with Gasteiger partial charge in [-0.3, -0.25) is 4.79 Å². The number of carbonyl (C=O) groups is 2. The van der Waals surface area contributed by atoms with E-state index < -0.39 is 18.1 Å².